The van der Waals surface area contributed by atoms with E-state index in [4.69, 9.17) is 10.5 Å². The van der Waals surface area contributed by atoms with E-state index in [2.05, 4.69) is 36.4 Å². The van der Waals surface area contributed by atoms with Crippen LogP contribution in [0, 0.1) is 5.92 Å². The van der Waals surface area contributed by atoms with Gasteiger partial charge in [0.05, 0.1) is 12.5 Å². The Labute approximate surface area is 144 Å². The maximum Gasteiger partial charge on any atom is 0.308 e. The van der Waals surface area contributed by atoms with Gasteiger partial charge in [0, 0.05) is 6.04 Å². The van der Waals surface area contributed by atoms with Gasteiger partial charge in [0.25, 0.3) is 0 Å². The Morgan fingerprint density at radius 1 is 1.04 bits per heavy atom. The molecule has 0 saturated carbocycles. The molecule has 2 N–H and O–H groups in total. The molecule has 0 spiro atoms. The Morgan fingerprint density at radius 3 is 2.29 bits per heavy atom. The number of rotatable bonds is 8. The number of carbonyl (C=O) groups excluding carboxylic acids is 1. The van der Waals surface area contributed by atoms with E-state index in [1.165, 1.54) is 16.7 Å². The van der Waals surface area contributed by atoms with Crippen molar-refractivity contribution >= 4 is 5.97 Å². The molecule has 0 amide bonds. The first-order valence-electron chi connectivity index (χ1n) is 8.66. The van der Waals surface area contributed by atoms with Crippen LogP contribution in [-0.2, 0) is 16.0 Å². The second-order valence-electron chi connectivity index (χ2n) is 6.25. The zero-order chi connectivity index (χ0) is 17.4. The second kappa shape index (κ2) is 9.24. The predicted octanol–water partition coefficient (Wildman–Crippen LogP) is 4.20. The maximum atomic E-state index is 11.6. The summed E-state index contributed by atoms with van der Waals surface area (Å²) in [5.74, 6) is -0.291. The van der Waals surface area contributed by atoms with Crippen LogP contribution in [0.1, 0.15) is 32.3 Å². The molecule has 3 heteroatoms. The van der Waals surface area contributed by atoms with Crippen LogP contribution >= 0.6 is 0 Å². The highest BCUT2D eigenvalue weighted by atomic mass is 16.5. The van der Waals surface area contributed by atoms with Crippen LogP contribution in [0.15, 0.2) is 54.6 Å². The third kappa shape index (κ3) is 5.50. The van der Waals surface area contributed by atoms with E-state index in [0.29, 0.717) is 13.0 Å². The molecule has 24 heavy (non-hydrogen) atoms. The lowest BCUT2D eigenvalue weighted by molar-refractivity contribution is -0.147. The lowest BCUT2D eigenvalue weighted by Gasteiger charge is -2.16. The number of carbonyl (C=O) groups is 1. The number of nitrogens with two attached hydrogens (primary N) is 1. The van der Waals surface area contributed by atoms with E-state index in [-0.39, 0.29) is 17.9 Å². The lowest BCUT2D eigenvalue weighted by Crippen LogP contribution is -2.27. The van der Waals surface area contributed by atoms with Crippen molar-refractivity contribution < 1.29 is 9.53 Å². The molecule has 0 aliphatic carbocycles. The van der Waals surface area contributed by atoms with Gasteiger partial charge in [-0.3, -0.25) is 4.79 Å². The van der Waals surface area contributed by atoms with Gasteiger partial charge >= 0.3 is 5.97 Å². The number of ether oxygens (including phenoxy) is 1. The van der Waals surface area contributed by atoms with Gasteiger partial charge in [-0.05, 0) is 42.9 Å². The van der Waals surface area contributed by atoms with E-state index < -0.39 is 0 Å². The second-order valence-corrected chi connectivity index (χ2v) is 6.25. The molecule has 0 aliphatic heterocycles. The SMILES string of the molecule is CCOC(=O)C(C)CC(N)CCc1ccc(-c2ccccc2)cc1. The summed E-state index contributed by atoms with van der Waals surface area (Å²) in [6.07, 6.45) is 2.46. The number of hydrogen-bond acceptors (Lipinski definition) is 3. The van der Waals surface area contributed by atoms with Crippen LogP contribution in [0.4, 0.5) is 0 Å². The molecule has 128 valence electrons. The monoisotopic (exact) mass is 325 g/mol. The zero-order valence-corrected chi connectivity index (χ0v) is 14.6. The van der Waals surface area contributed by atoms with Gasteiger partial charge in [0.2, 0.25) is 0 Å². The van der Waals surface area contributed by atoms with Crippen molar-refractivity contribution in [3.63, 3.8) is 0 Å². The van der Waals surface area contributed by atoms with Gasteiger partial charge in [0.1, 0.15) is 0 Å². The van der Waals surface area contributed by atoms with Gasteiger partial charge in [-0.2, -0.15) is 0 Å². The summed E-state index contributed by atoms with van der Waals surface area (Å²) in [4.78, 5) is 11.6. The van der Waals surface area contributed by atoms with E-state index in [0.717, 1.165) is 12.8 Å². The summed E-state index contributed by atoms with van der Waals surface area (Å²) in [7, 11) is 0. The molecule has 2 rings (SSSR count). The van der Waals surface area contributed by atoms with Crippen LogP contribution in [0.2, 0.25) is 0 Å². The number of aryl methyl sites for hydroxylation is 1. The first-order chi connectivity index (χ1) is 11.6. The quantitative estimate of drug-likeness (QED) is 0.740. The fourth-order valence-corrected chi connectivity index (χ4v) is 2.80. The highest BCUT2D eigenvalue weighted by Gasteiger charge is 2.17. The van der Waals surface area contributed by atoms with Crippen LogP contribution in [0.5, 0.6) is 0 Å². The topological polar surface area (TPSA) is 52.3 Å². The highest BCUT2D eigenvalue weighted by Crippen LogP contribution is 2.20. The molecule has 2 aromatic carbocycles. The molecule has 0 heterocycles. The number of hydrogen-bond donors (Lipinski definition) is 1. The van der Waals surface area contributed by atoms with Crippen molar-refractivity contribution in [2.75, 3.05) is 6.61 Å². The van der Waals surface area contributed by atoms with E-state index in [1.807, 2.05) is 32.0 Å². The average molecular weight is 325 g/mol. The van der Waals surface area contributed by atoms with Crippen molar-refractivity contribution in [2.45, 2.75) is 39.2 Å². The van der Waals surface area contributed by atoms with E-state index >= 15 is 0 Å². The Hall–Kier alpha value is -2.13. The molecule has 2 atom stereocenters. The molecule has 0 aromatic heterocycles. The molecule has 0 fully saturated rings. The fraction of sp³-hybridized carbons (Fsp3) is 0.381. The standard InChI is InChI=1S/C21H27NO2/c1-3-24-21(23)16(2)15-20(22)14-11-17-9-12-19(13-10-17)18-7-5-4-6-8-18/h4-10,12-13,16,20H,3,11,14-15,22H2,1-2H3. The summed E-state index contributed by atoms with van der Waals surface area (Å²) in [6.45, 7) is 4.13. The lowest BCUT2D eigenvalue weighted by atomic mass is 9.96. The molecular weight excluding hydrogens is 298 g/mol. The summed E-state index contributed by atoms with van der Waals surface area (Å²) in [6, 6.07) is 19.0. The minimum atomic E-state index is -0.153. The van der Waals surface area contributed by atoms with Crippen molar-refractivity contribution in [2.24, 2.45) is 11.7 Å². The van der Waals surface area contributed by atoms with E-state index in [9.17, 15) is 4.79 Å². The minimum Gasteiger partial charge on any atom is -0.466 e. The molecular formula is C21H27NO2. The molecule has 0 radical (unpaired) electrons. The fourth-order valence-electron chi connectivity index (χ4n) is 2.80. The minimum absolute atomic E-state index is 0.0122. The molecule has 2 aromatic rings. The van der Waals surface area contributed by atoms with Crippen LogP contribution in [0.25, 0.3) is 11.1 Å². The van der Waals surface area contributed by atoms with Gasteiger partial charge in [0.15, 0.2) is 0 Å². The van der Waals surface area contributed by atoms with Crippen molar-refractivity contribution in [3.05, 3.63) is 60.2 Å². The molecule has 0 aliphatic rings. The highest BCUT2D eigenvalue weighted by molar-refractivity contribution is 5.72. The predicted molar refractivity (Wildman–Crippen MR) is 98.6 cm³/mol. The average Bonchev–Trinajstić information content (AvgIpc) is 2.61. The molecule has 2 unspecified atom stereocenters. The normalized spacial score (nSPS) is 13.3. The molecule has 3 nitrogen and oxygen atoms in total. The Balaban J connectivity index is 1.83. The summed E-state index contributed by atoms with van der Waals surface area (Å²) >= 11 is 0. The van der Waals surface area contributed by atoms with Gasteiger partial charge in [-0.15, -0.1) is 0 Å². The zero-order valence-electron chi connectivity index (χ0n) is 14.6. The third-order valence-corrected chi connectivity index (χ3v) is 4.21. The van der Waals surface area contributed by atoms with Crippen molar-refractivity contribution in [3.8, 4) is 11.1 Å². The van der Waals surface area contributed by atoms with Crippen molar-refractivity contribution in [1.82, 2.24) is 0 Å². The first kappa shape index (κ1) is 18.2. The number of esters is 1. The first-order valence-corrected chi connectivity index (χ1v) is 8.66. The summed E-state index contributed by atoms with van der Waals surface area (Å²) in [5.41, 5.74) is 9.89. The largest absolute Gasteiger partial charge is 0.466 e. The number of benzene rings is 2. The Bertz CT molecular complexity index is 622. The van der Waals surface area contributed by atoms with Gasteiger partial charge < -0.3 is 10.5 Å². The molecule has 0 bridgehead atoms. The van der Waals surface area contributed by atoms with Gasteiger partial charge in [-0.25, -0.2) is 0 Å². The summed E-state index contributed by atoms with van der Waals surface area (Å²) < 4.78 is 5.03. The van der Waals surface area contributed by atoms with Crippen molar-refractivity contribution in [1.29, 1.82) is 0 Å². The van der Waals surface area contributed by atoms with E-state index in [1.54, 1.807) is 0 Å². The third-order valence-electron chi connectivity index (χ3n) is 4.21. The van der Waals surface area contributed by atoms with Crippen LogP contribution in [-0.4, -0.2) is 18.6 Å². The van der Waals surface area contributed by atoms with Gasteiger partial charge in [-0.1, -0.05) is 61.5 Å². The Morgan fingerprint density at radius 2 is 1.67 bits per heavy atom. The van der Waals surface area contributed by atoms with Crippen LogP contribution in [0.3, 0.4) is 0 Å². The van der Waals surface area contributed by atoms with Crippen LogP contribution < -0.4 is 5.73 Å². The maximum absolute atomic E-state index is 11.6. The smallest absolute Gasteiger partial charge is 0.308 e. The Kier molecular flexibility index (Phi) is 7.01. The summed E-state index contributed by atoms with van der Waals surface area (Å²) in [5, 5.41) is 0. The molecule has 0 saturated heterocycles.